The zero-order valence-electron chi connectivity index (χ0n) is 21.8. The molecule has 0 spiro atoms. The molecule has 3 heterocycles. The van der Waals surface area contributed by atoms with E-state index in [4.69, 9.17) is 9.47 Å². The second kappa shape index (κ2) is 10.5. The van der Waals surface area contributed by atoms with Gasteiger partial charge in [-0.2, -0.15) is 18.4 Å². The number of piperidine rings is 1. The summed E-state index contributed by atoms with van der Waals surface area (Å²) in [4.78, 5) is 22.3. The van der Waals surface area contributed by atoms with Crippen LogP contribution in [-0.4, -0.2) is 50.8 Å². The van der Waals surface area contributed by atoms with Gasteiger partial charge in [0.2, 0.25) is 0 Å². The number of hydrogen-bond donors (Lipinski definition) is 0. The lowest BCUT2D eigenvalue weighted by molar-refractivity contribution is -0.138. The average molecular weight is 530 g/mol. The molecule has 0 unspecified atom stereocenters. The molecule has 4 rings (SSSR count). The molecule has 8 nitrogen and oxygen atoms in total. The summed E-state index contributed by atoms with van der Waals surface area (Å²) in [6, 6.07) is 7.38. The quantitative estimate of drug-likeness (QED) is 0.406. The number of imidazole rings is 1. The van der Waals surface area contributed by atoms with Crippen molar-refractivity contribution in [2.24, 2.45) is 13.0 Å². The van der Waals surface area contributed by atoms with Crippen LogP contribution in [0, 0.1) is 17.2 Å². The Hall–Kier alpha value is -3.81. The molecule has 1 saturated heterocycles. The number of benzene rings is 1. The molecule has 1 aliphatic rings. The van der Waals surface area contributed by atoms with Gasteiger partial charge in [0.05, 0.1) is 29.7 Å². The molecule has 0 atom stereocenters. The van der Waals surface area contributed by atoms with Crippen LogP contribution in [0.15, 0.2) is 30.6 Å². The fraction of sp³-hybridized carbons (Fsp3) is 0.481. The van der Waals surface area contributed by atoms with Crippen LogP contribution in [0.5, 0.6) is 5.75 Å². The second-order valence-electron chi connectivity index (χ2n) is 10.4. The van der Waals surface area contributed by atoms with E-state index in [1.54, 1.807) is 22.6 Å². The zero-order valence-corrected chi connectivity index (χ0v) is 21.8. The minimum Gasteiger partial charge on any atom is -0.493 e. The number of aryl methyl sites for hydroxylation is 1. The van der Waals surface area contributed by atoms with Gasteiger partial charge in [0.25, 0.3) is 0 Å². The summed E-state index contributed by atoms with van der Waals surface area (Å²) < 4.78 is 54.6. The molecule has 11 heteroatoms. The van der Waals surface area contributed by atoms with Crippen LogP contribution in [0.1, 0.15) is 51.3 Å². The van der Waals surface area contributed by atoms with Gasteiger partial charge in [0, 0.05) is 25.7 Å². The molecule has 0 aliphatic carbocycles. The third-order valence-corrected chi connectivity index (χ3v) is 6.45. The molecule has 1 aliphatic heterocycles. The van der Waals surface area contributed by atoms with E-state index in [0.717, 1.165) is 18.9 Å². The first kappa shape index (κ1) is 27.2. The first-order valence-corrected chi connectivity index (χ1v) is 12.4. The predicted octanol–water partition coefficient (Wildman–Crippen LogP) is 5.94. The first-order chi connectivity index (χ1) is 17.9. The fourth-order valence-corrected chi connectivity index (χ4v) is 4.46. The number of carbonyl (C=O) groups excluding carboxylic acids is 1. The van der Waals surface area contributed by atoms with Gasteiger partial charge < -0.3 is 18.9 Å². The maximum absolute atomic E-state index is 14.0. The van der Waals surface area contributed by atoms with Crippen molar-refractivity contribution in [1.29, 1.82) is 5.26 Å². The molecular weight excluding hydrogens is 499 g/mol. The van der Waals surface area contributed by atoms with E-state index in [0.29, 0.717) is 30.5 Å². The van der Waals surface area contributed by atoms with Gasteiger partial charge in [-0.25, -0.2) is 14.8 Å². The van der Waals surface area contributed by atoms with Crippen LogP contribution in [0.3, 0.4) is 0 Å². The number of hydrogen-bond acceptors (Lipinski definition) is 6. The molecule has 202 valence electrons. The van der Waals surface area contributed by atoms with E-state index in [1.807, 2.05) is 26.8 Å². The Morgan fingerprint density at radius 3 is 2.53 bits per heavy atom. The van der Waals surface area contributed by atoms with Crippen LogP contribution >= 0.6 is 0 Å². The minimum absolute atomic E-state index is 0.0460. The standard InChI is InChI=1S/C27H30F3N5O3/c1-26(2,3)38-25(36)35-10-7-17(8-11-35)9-12-37-23-6-5-18(13-19(23)27(28,29)30)20-14-22-24(21(15-31)33-20)32-16-34(22)4/h5-6,13-14,16-17H,7-12H2,1-4H3. The molecule has 38 heavy (non-hydrogen) atoms. The van der Waals surface area contributed by atoms with E-state index in [-0.39, 0.29) is 41.3 Å². The van der Waals surface area contributed by atoms with E-state index in [9.17, 15) is 23.2 Å². The number of pyridine rings is 1. The maximum atomic E-state index is 14.0. The highest BCUT2D eigenvalue weighted by molar-refractivity contribution is 5.84. The lowest BCUT2D eigenvalue weighted by Gasteiger charge is -2.33. The highest BCUT2D eigenvalue weighted by atomic mass is 19.4. The molecular formula is C27H30F3N5O3. The Morgan fingerprint density at radius 1 is 1.18 bits per heavy atom. The first-order valence-electron chi connectivity index (χ1n) is 12.4. The minimum atomic E-state index is -4.64. The Morgan fingerprint density at radius 2 is 1.89 bits per heavy atom. The number of halogens is 3. The van der Waals surface area contributed by atoms with Crippen molar-refractivity contribution >= 4 is 17.1 Å². The Balaban J connectivity index is 1.44. The van der Waals surface area contributed by atoms with Crippen molar-refractivity contribution in [3.63, 3.8) is 0 Å². The molecule has 2 aromatic heterocycles. The van der Waals surface area contributed by atoms with Crippen molar-refractivity contribution in [2.45, 2.75) is 51.8 Å². The van der Waals surface area contributed by atoms with Crippen molar-refractivity contribution in [1.82, 2.24) is 19.4 Å². The van der Waals surface area contributed by atoms with Crippen LogP contribution < -0.4 is 4.74 Å². The van der Waals surface area contributed by atoms with Gasteiger partial charge in [-0.15, -0.1) is 0 Å². The van der Waals surface area contributed by atoms with Crippen molar-refractivity contribution in [2.75, 3.05) is 19.7 Å². The lowest BCUT2D eigenvalue weighted by atomic mass is 9.94. The largest absolute Gasteiger partial charge is 0.493 e. The summed E-state index contributed by atoms with van der Waals surface area (Å²) in [6.45, 7) is 6.65. The molecule has 3 aromatic rings. The van der Waals surface area contributed by atoms with Gasteiger partial charge in [0.15, 0.2) is 5.69 Å². The number of amides is 1. The third-order valence-electron chi connectivity index (χ3n) is 6.45. The molecule has 1 amide bonds. The number of rotatable bonds is 5. The number of nitriles is 1. The van der Waals surface area contributed by atoms with Crippen molar-refractivity contribution in [3.05, 3.63) is 41.9 Å². The molecule has 1 fully saturated rings. The summed E-state index contributed by atoms with van der Waals surface area (Å²) in [5.41, 5.74) is 0.0345. The molecule has 0 saturated carbocycles. The van der Waals surface area contributed by atoms with Gasteiger partial charge >= 0.3 is 12.3 Å². The van der Waals surface area contributed by atoms with E-state index >= 15 is 0 Å². The van der Waals surface area contributed by atoms with E-state index in [1.165, 1.54) is 18.5 Å². The SMILES string of the molecule is Cn1cnc2c(C#N)nc(-c3ccc(OCCC4CCN(C(=O)OC(C)(C)C)CC4)c(C(F)(F)F)c3)cc21. The summed E-state index contributed by atoms with van der Waals surface area (Å²) in [6.07, 6.45) is -1.42. The Bertz CT molecular complexity index is 1360. The summed E-state index contributed by atoms with van der Waals surface area (Å²) in [5, 5.41) is 9.45. The van der Waals surface area contributed by atoms with Crippen molar-refractivity contribution in [3.8, 4) is 23.1 Å². The smallest absolute Gasteiger partial charge is 0.419 e. The molecule has 1 aromatic carbocycles. The number of carbonyl (C=O) groups is 1. The highest BCUT2D eigenvalue weighted by Crippen LogP contribution is 2.39. The molecule has 0 N–H and O–H groups in total. The van der Waals surface area contributed by atoms with Gasteiger partial charge in [0.1, 0.15) is 22.9 Å². The fourth-order valence-electron chi connectivity index (χ4n) is 4.46. The van der Waals surface area contributed by atoms with Crippen LogP contribution in [-0.2, 0) is 18.0 Å². The van der Waals surface area contributed by atoms with Gasteiger partial charge in [-0.3, -0.25) is 0 Å². The third kappa shape index (κ3) is 6.18. The number of alkyl halides is 3. The van der Waals surface area contributed by atoms with Crippen LogP contribution in [0.4, 0.5) is 18.0 Å². The number of fused-ring (bicyclic) bond motifs is 1. The maximum Gasteiger partial charge on any atom is 0.419 e. The van der Waals surface area contributed by atoms with Crippen LogP contribution in [0.25, 0.3) is 22.3 Å². The molecule has 0 radical (unpaired) electrons. The average Bonchev–Trinajstić information content (AvgIpc) is 3.23. The number of ether oxygens (including phenoxy) is 2. The summed E-state index contributed by atoms with van der Waals surface area (Å²) in [7, 11) is 1.74. The van der Waals surface area contributed by atoms with Crippen molar-refractivity contribution < 1.29 is 27.4 Å². The summed E-state index contributed by atoms with van der Waals surface area (Å²) >= 11 is 0. The Kier molecular flexibility index (Phi) is 7.54. The highest BCUT2D eigenvalue weighted by Gasteiger charge is 2.35. The normalized spacial score (nSPS) is 14.9. The molecule has 0 bridgehead atoms. The lowest BCUT2D eigenvalue weighted by Crippen LogP contribution is -2.41. The number of aromatic nitrogens is 3. The number of nitrogens with zero attached hydrogens (tertiary/aromatic N) is 5. The van der Waals surface area contributed by atoms with Gasteiger partial charge in [-0.1, -0.05) is 0 Å². The zero-order chi connectivity index (χ0) is 27.7. The van der Waals surface area contributed by atoms with Gasteiger partial charge in [-0.05, 0) is 70.2 Å². The Labute approximate surface area is 219 Å². The predicted molar refractivity (Wildman–Crippen MR) is 134 cm³/mol. The topological polar surface area (TPSA) is 93.3 Å². The summed E-state index contributed by atoms with van der Waals surface area (Å²) in [5.74, 6) is -0.0175. The second-order valence-corrected chi connectivity index (χ2v) is 10.4. The monoisotopic (exact) mass is 529 g/mol. The van der Waals surface area contributed by atoms with E-state index in [2.05, 4.69) is 9.97 Å². The van der Waals surface area contributed by atoms with Crippen LogP contribution in [0.2, 0.25) is 0 Å². The number of likely N-dealkylation sites (tertiary alicyclic amines) is 1. The van der Waals surface area contributed by atoms with E-state index < -0.39 is 17.3 Å².